The van der Waals surface area contributed by atoms with Crippen LogP contribution in [0.1, 0.15) is 35.5 Å². The molecule has 2 saturated heterocycles. The second-order valence-electron chi connectivity index (χ2n) is 12.5. The van der Waals surface area contributed by atoms with Crippen LogP contribution < -0.4 is 9.80 Å². The van der Waals surface area contributed by atoms with E-state index in [2.05, 4.69) is 23.6 Å². The van der Waals surface area contributed by atoms with Crippen LogP contribution in [-0.2, 0) is 21.0 Å². The number of ketones is 1. The molecule has 0 unspecified atom stereocenters. The third-order valence-corrected chi connectivity index (χ3v) is 11.4. The summed E-state index contributed by atoms with van der Waals surface area (Å²) < 4.78 is 71.9. The van der Waals surface area contributed by atoms with Gasteiger partial charge in [0.05, 0.1) is 17.0 Å². The largest absolute Gasteiger partial charge is 0.452 e. The van der Waals surface area contributed by atoms with Gasteiger partial charge in [0.15, 0.2) is 5.76 Å². The van der Waals surface area contributed by atoms with Crippen molar-refractivity contribution >= 4 is 44.1 Å². The van der Waals surface area contributed by atoms with Crippen LogP contribution in [0.5, 0.6) is 0 Å². The molecule has 1 aromatic heterocycles. The van der Waals surface area contributed by atoms with Crippen molar-refractivity contribution in [2.45, 2.75) is 24.9 Å². The smallest absolute Gasteiger partial charge is 0.416 e. The molecule has 0 radical (unpaired) electrons. The van der Waals surface area contributed by atoms with E-state index in [1.807, 2.05) is 35.2 Å². The van der Waals surface area contributed by atoms with Crippen molar-refractivity contribution in [1.82, 2.24) is 14.1 Å². The van der Waals surface area contributed by atoms with Crippen LogP contribution in [-0.4, -0.2) is 106 Å². The summed E-state index contributed by atoms with van der Waals surface area (Å²) in [6.45, 7) is 9.33. The fourth-order valence-electron chi connectivity index (χ4n) is 6.48. The van der Waals surface area contributed by atoms with E-state index in [0.29, 0.717) is 56.2 Å². The Morgan fingerprint density at radius 1 is 0.800 bits per heavy atom. The van der Waals surface area contributed by atoms with Crippen molar-refractivity contribution in [3.05, 3.63) is 89.7 Å². The first-order valence-electron chi connectivity index (χ1n) is 16.7. The summed E-state index contributed by atoms with van der Waals surface area (Å²) in [6.07, 6.45) is -4.55. The van der Waals surface area contributed by atoms with Gasteiger partial charge < -0.3 is 19.1 Å². The van der Waals surface area contributed by atoms with Crippen LogP contribution in [0.3, 0.4) is 0 Å². The van der Waals surface area contributed by atoms with E-state index in [1.165, 1.54) is 4.31 Å². The standard InChI is InChI=1S/C36H40F3N5O5S/c1-3-41(4-2)30-12-7-27-23-33(49-32(27)24-30)35(46)26-5-10-29(11-6-26)42-17-19-43(20-18-42)34(45)25-40-15-21-44(22-16-40)50(47,48)31-13-8-28(9-14-31)36(37,38)39/h5-14,23-24H,3-4,15-22,25H2,1-2H3. The number of hydrogen-bond donors (Lipinski definition) is 0. The molecule has 10 nitrogen and oxygen atoms in total. The van der Waals surface area contributed by atoms with E-state index in [-0.39, 0.29) is 36.2 Å². The van der Waals surface area contributed by atoms with Gasteiger partial charge in [0.1, 0.15) is 5.58 Å². The number of anilines is 2. The normalized spacial score (nSPS) is 16.6. The average Bonchev–Trinajstić information content (AvgIpc) is 3.56. The molecule has 3 aromatic carbocycles. The Morgan fingerprint density at radius 3 is 2.04 bits per heavy atom. The highest BCUT2D eigenvalue weighted by Gasteiger charge is 2.33. The Labute approximate surface area is 289 Å². The molecule has 266 valence electrons. The van der Waals surface area contributed by atoms with Crippen molar-refractivity contribution in [2.75, 3.05) is 81.8 Å². The molecule has 0 saturated carbocycles. The second kappa shape index (κ2) is 14.4. The number of sulfonamides is 1. The van der Waals surface area contributed by atoms with Gasteiger partial charge >= 0.3 is 6.18 Å². The lowest BCUT2D eigenvalue weighted by Gasteiger charge is -2.38. The molecular formula is C36H40F3N5O5S. The lowest BCUT2D eigenvalue weighted by atomic mass is 10.1. The maximum atomic E-state index is 13.3. The molecule has 2 aliphatic heterocycles. The van der Waals surface area contributed by atoms with Gasteiger partial charge in [0, 0.05) is 93.8 Å². The number of alkyl halides is 3. The fourth-order valence-corrected chi connectivity index (χ4v) is 7.90. The van der Waals surface area contributed by atoms with Crippen LogP contribution in [0.25, 0.3) is 11.0 Å². The number of carbonyl (C=O) groups is 2. The summed E-state index contributed by atoms with van der Waals surface area (Å²) in [7, 11) is -3.95. The quantitative estimate of drug-likeness (QED) is 0.208. The Bertz CT molecular complexity index is 1930. The summed E-state index contributed by atoms with van der Waals surface area (Å²) in [5.41, 5.74) is 2.30. The summed E-state index contributed by atoms with van der Waals surface area (Å²) in [5.74, 6) is 0.0593. The number of piperazine rings is 2. The minimum Gasteiger partial charge on any atom is -0.452 e. The lowest BCUT2D eigenvalue weighted by Crippen LogP contribution is -2.54. The van der Waals surface area contributed by atoms with Gasteiger partial charge in [-0.05, 0) is 80.6 Å². The van der Waals surface area contributed by atoms with Crippen molar-refractivity contribution < 1.29 is 35.6 Å². The van der Waals surface area contributed by atoms with Gasteiger partial charge in [-0.15, -0.1) is 0 Å². The Kier molecular flexibility index (Phi) is 10.2. The molecule has 4 aromatic rings. The maximum absolute atomic E-state index is 13.3. The highest BCUT2D eigenvalue weighted by molar-refractivity contribution is 7.89. The van der Waals surface area contributed by atoms with E-state index < -0.39 is 21.8 Å². The summed E-state index contributed by atoms with van der Waals surface area (Å²) in [5, 5.41) is 0.875. The Hall–Kier alpha value is -4.40. The van der Waals surface area contributed by atoms with Gasteiger partial charge in [0.25, 0.3) is 0 Å². The molecule has 3 heterocycles. The molecule has 14 heteroatoms. The fraction of sp³-hybridized carbons (Fsp3) is 0.389. The highest BCUT2D eigenvalue weighted by Crippen LogP contribution is 2.31. The minimum absolute atomic E-state index is 0.0420. The first-order chi connectivity index (χ1) is 23.9. The van der Waals surface area contributed by atoms with E-state index in [9.17, 15) is 31.2 Å². The van der Waals surface area contributed by atoms with Crippen LogP contribution >= 0.6 is 0 Å². The molecule has 1 amide bonds. The highest BCUT2D eigenvalue weighted by atomic mass is 32.2. The van der Waals surface area contributed by atoms with Gasteiger partial charge in [-0.1, -0.05) is 0 Å². The van der Waals surface area contributed by atoms with Crippen molar-refractivity contribution in [1.29, 1.82) is 0 Å². The van der Waals surface area contributed by atoms with E-state index in [1.54, 1.807) is 23.1 Å². The first-order valence-corrected chi connectivity index (χ1v) is 18.2. The summed E-state index contributed by atoms with van der Waals surface area (Å²) >= 11 is 0. The zero-order valence-electron chi connectivity index (χ0n) is 28.0. The molecular weight excluding hydrogens is 671 g/mol. The lowest BCUT2D eigenvalue weighted by molar-refractivity contribution is -0.137. The predicted molar refractivity (Wildman–Crippen MR) is 185 cm³/mol. The zero-order valence-corrected chi connectivity index (χ0v) is 28.8. The average molecular weight is 712 g/mol. The Morgan fingerprint density at radius 2 is 1.44 bits per heavy atom. The van der Waals surface area contributed by atoms with Gasteiger partial charge in [-0.25, -0.2) is 8.42 Å². The van der Waals surface area contributed by atoms with Crippen LogP contribution in [0.2, 0.25) is 0 Å². The van der Waals surface area contributed by atoms with Crippen LogP contribution in [0.15, 0.2) is 82.1 Å². The van der Waals surface area contributed by atoms with E-state index in [0.717, 1.165) is 54.1 Å². The van der Waals surface area contributed by atoms with Crippen molar-refractivity contribution in [2.24, 2.45) is 0 Å². The number of hydrogen-bond acceptors (Lipinski definition) is 8. The molecule has 0 bridgehead atoms. The van der Waals surface area contributed by atoms with Crippen LogP contribution in [0, 0.1) is 0 Å². The summed E-state index contributed by atoms with van der Waals surface area (Å²) in [4.78, 5) is 34.3. The number of furan rings is 1. The molecule has 0 atom stereocenters. The number of fused-ring (bicyclic) bond motifs is 1. The molecule has 0 N–H and O–H groups in total. The summed E-state index contributed by atoms with van der Waals surface area (Å²) in [6, 6.07) is 18.6. The number of carbonyl (C=O) groups excluding carboxylic acids is 2. The maximum Gasteiger partial charge on any atom is 0.416 e. The molecule has 0 aliphatic carbocycles. The van der Waals surface area contributed by atoms with Gasteiger partial charge in [-0.3, -0.25) is 14.5 Å². The van der Waals surface area contributed by atoms with Gasteiger partial charge in [-0.2, -0.15) is 17.5 Å². The number of rotatable bonds is 10. The molecule has 2 aliphatic rings. The minimum atomic E-state index is -4.55. The number of nitrogens with zero attached hydrogens (tertiary/aromatic N) is 5. The second-order valence-corrected chi connectivity index (χ2v) is 14.4. The molecule has 50 heavy (non-hydrogen) atoms. The van der Waals surface area contributed by atoms with Crippen molar-refractivity contribution in [3.8, 4) is 0 Å². The number of amides is 1. The van der Waals surface area contributed by atoms with E-state index in [4.69, 9.17) is 4.42 Å². The Balaban J connectivity index is 0.977. The first kappa shape index (κ1) is 35.4. The number of benzene rings is 3. The molecule has 6 rings (SSSR count). The third kappa shape index (κ3) is 7.52. The van der Waals surface area contributed by atoms with Crippen LogP contribution in [0.4, 0.5) is 24.5 Å². The predicted octanol–water partition coefficient (Wildman–Crippen LogP) is 5.18. The molecule has 2 fully saturated rings. The zero-order chi connectivity index (χ0) is 35.6. The number of halogens is 3. The van der Waals surface area contributed by atoms with E-state index >= 15 is 0 Å². The SMILES string of the molecule is CCN(CC)c1ccc2cc(C(=O)c3ccc(N4CCN(C(=O)CN5CCN(S(=O)(=O)c6ccc(C(F)(F)F)cc6)CC5)CC4)cc3)oc2c1. The van der Waals surface area contributed by atoms with Gasteiger partial charge in [0.2, 0.25) is 21.7 Å². The van der Waals surface area contributed by atoms with Crippen molar-refractivity contribution in [3.63, 3.8) is 0 Å². The monoisotopic (exact) mass is 711 g/mol. The molecule has 0 spiro atoms. The topological polar surface area (TPSA) is 97.6 Å². The third-order valence-electron chi connectivity index (χ3n) is 9.49.